The average Bonchev–Trinajstić information content (AvgIpc) is 2.57. The van der Waals surface area contributed by atoms with Crippen LogP contribution in [0.25, 0.3) is 0 Å². The fourth-order valence-electron chi connectivity index (χ4n) is 1.90. The van der Waals surface area contributed by atoms with Gasteiger partial charge in [-0.3, -0.25) is 14.4 Å². The molecule has 0 spiro atoms. The van der Waals surface area contributed by atoms with Crippen molar-refractivity contribution in [1.29, 1.82) is 0 Å². The summed E-state index contributed by atoms with van der Waals surface area (Å²) in [5.74, 6) is -1.35. The number of benzene rings is 1. The van der Waals surface area contributed by atoms with Crippen LogP contribution in [0, 0.1) is 5.92 Å². The minimum atomic E-state index is -3.94. The fraction of sp³-hybridized carbons (Fsp3) is 0.471. The average molecular weight is 399 g/mol. The summed E-state index contributed by atoms with van der Waals surface area (Å²) in [6, 6.07) is 5.44. The Morgan fingerprint density at radius 1 is 1.07 bits per heavy atom. The standard InChI is InChI=1S/C17H25N3O6S/c1-11(2)9-18-17(23)12(3)26-16(22)10-19-27(24,25)15-7-5-14(6-8-15)20-13(4)21/h5-8,11-12,19H,9-10H2,1-4H3,(H,18,23)(H,20,21)/t12-/m1/s1. The molecule has 0 heterocycles. The van der Waals surface area contributed by atoms with Crippen LogP contribution in [0.2, 0.25) is 0 Å². The highest BCUT2D eigenvalue weighted by Crippen LogP contribution is 2.13. The summed E-state index contributed by atoms with van der Waals surface area (Å²) in [4.78, 5) is 34.4. The molecule has 150 valence electrons. The van der Waals surface area contributed by atoms with Crippen molar-refractivity contribution in [2.75, 3.05) is 18.4 Å². The highest BCUT2D eigenvalue weighted by Gasteiger charge is 2.20. The smallest absolute Gasteiger partial charge is 0.321 e. The van der Waals surface area contributed by atoms with E-state index >= 15 is 0 Å². The van der Waals surface area contributed by atoms with E-state index in [1.165, 1.54) is 38.1 Å². The maximum Gasteiger partial charge on any atom is 0.321 e. The van der Waals surface area contributed by atoms with Gasteiger partial charge in [0.05, 0.1) is 4.90 Å². The molecule has 1 rings (SSSR count). The lowest BCUT2D eigenvalue weighted by Crippen LogP contribution is -2.39. The van der Waals surface area contributed by atoms with Crippen LogP contribution < -0.4 is 15.4 Å². The number of ether oxygens (including phenoxy) is 1. The Morgan fingerprint density at radius 3 is 2.19 bits per heavy atom. The van der Waals surface area contributed by atoms with Gasteiger partial charge in [0, 0.05) is 19.2 Å². The number of carbonyl (C=O) groups is 3. The Balaban J connectivity index is 2.56. The van der Waals surface area contributed by atoms with Gasteiger partial charge >= 0.3 is 5.97 Å². The molecule has 10 heteroatoms. The van der Waals surface area contributed by atoms with Crippen LogP contribution in [0.3, 0.4) is 0 Å². The Bertz CT molecular complexity index is 774. The summed E-state index contributed by atoms with van der Waals surface area (Å²) in [7, 11) is -3.94. The van der Waals surface area contributed by atoms with Crippen molar-refractivity contribution < 1.29 is 27.5 Å². The van der Waals surface area contributed by atoms with E-state index in [9.17, 15) is 22.8 Å². The molecule has 2 amide bonds. The number of rotatable bonds is 9. The van der Waals surface area contributed by atoms with Crippen molar-refractivity contribution in [2.24, 2.45) is 5.92 Å². The van der Waals surface area contributed by atoms with E-state index in [4.69, 9.17) is 4.74 Å². The topological polar surface area (TPSA) is 131 Å². The molecule has 0 bridgehead atoms. The Hall–Kier alpha value is -2.46. The molecule has 0 aliphatic carbocycles. The molecular weight excluding hydrogens is 374 g/mol. The summed E-state index contributed by atoms with van der Waals surface area (Å²) in [5, 5.41) is 5.14. The zero-order chi connectivity index (χ0) is 20.6. The molecule has 0 unspecified atom stereocenters. The molecule has 9 nitrogen and oxygen atoms in total. The van der Waals surface area contributed by atoms with Gasteiger partial charge in [-0.1, -0.05) is 13.8 Å². The Labute approximate surface area is 158 Å². The third-order valence-corrected chi connectivity index (χ3v) is 4.67. The van der Waals surface area contributed by atoms with Crippen molar-refractivity contribution in [3.63, 3.8) is 0 Å². The second kappa shape index (κ2) is 10.0. The zero-order valence-corrected chi connectivity index (χ0v) is 16.6. The molecule has 27 heavy (non-hydrogen) atoms. The summed E-state index contributed by atoms with van der Waals surface area (Å²) < 4.78 is 31.4. The van der Waals surface area contributed by atoms with Gasteiger partial charge in [-0.15, -0.1) is 0 Å². The van der Waals surface area contributed by atoms with Crippen molar-refractivity contribution in [1.82, 2.24) is 10.0 Å². The van der Waals surface area contributed by atoms with Gasteiger partial charge in [-0.25, -0.2) is 8.42 Å². The van der Waals surface area contributed by atoms with Gasteiger partial charge in [0.15, 0.2) is 6.10 Å². The molecule has 0 aliphatic heterocycles. The van der Waals surface area contributed by atoms with Crippen LogP contribution in [0.15, 0.2) is 29.2 Å². The quantitative estimate of drug-likeness (QED) is 0.522. The number of amides is 2. The predicted molar refractivity (Wildman–Crippen MR) is 99.3 cm³/mol. The van der Waals surface area contributed by atoms with Gasteiger partial charge in [0.25, 0.3) is 5.91 Å². The lowest BCUT2D eigenvalue weighted by Gasteiger charge is -2.15. The molecule has 1 aromatic carbocycles. The maximum atomic E-state index is 12.2. The van der Waals surface area contributed by atoms with Crippen molar-refractivity contribution in [3.8, 4) is 0 Å². The SMILES string of the molecule is CC(=O)Nc1ccc(S(=O)(=O)NCC(=O)O[C@H](C)C(=O)NCC(C)C)cc1. The molecule has 0 saturated carbocycles. The van der Waals surface area contributed by atoms with Gasteiger partial charge in [-0.2, -0.15) is 4.72 Å². The fourth-order valence-corrected chi connectivity index (χ4v) is 2.87. The molecular formula is C17H25N3O6S. The van der Waals surface area contributed by atoms with Gasteiger partial charge in [-0.05, 0) is 37.1 Å². The van der Waals surface area contributed by atoms with Crippen molar-refractivity contribution in [2.45, 2.75) is 38.7 Å². The molecule has 1 aromatic rings. The normalized spacial score (nSPS) is 12.3. The van der Waals surface area contributed by atoms with Crippen LogP contribution in [0.4, 0.5) is 5.69 Å². The number of esters is 1. The number of nitrogens with one attached hydrogen (secondary N) is 3. The van der Waals surface area contributed by atoms with Crippen LogP contribution in [0.1, 0.15) is 27.7 Å². The first-order chi connectivity index (χ1) is 12.5. The third-order valence-electron chi connectivity index (χ3n) is 3.25. The van der Waals surface area contributed by atoms with E-state index in [-0.39, 0.29) is 16.7 Å². The van der Waals surface area contributed by atoms with Gasteiger partial charge in [0.2, 0.25) is 15.9 Å². The second-order valence-corrected chi connectivity index (χ2v) is 8.07. The predicted octanol–water partition coefficient (Wildman–Crippen LogP) is 0.627. The van der Waals surface area contributed by atoms with Crippen LogP contribution in [-0.2, 0) is 29.1 Å². The molecule has 3 N–H and O–H groups in total. The van der Waals surface area contributed by atoms with Gasteiger partial charge in [0.1, 0.15) is 6.54 Å². The Morgan fingerprint density at radius 2 is 1.67 bits per heavy atom. The van der Waals surface area contributed by atoms with Crippen molar-refractivity contribution >= 4 is 33.5 Å². The largest absolute Gasteiger partial charge is 0.452 e. The lowest BCUT2D eigenvalue weighted by molar-refractivity contribution is -0.153. The first-order valence-electron chi connectivity index (χ1n) is 8.35. The molecule has 0 fully saturated rings. The molecule has 0 aromatic heterocycles. The Kier molecular flexibility index (Phi) is 8.38. The monoisotopic (exact) mass is 399 g/mol. The van der Waals surface area contributed by atoms with E-state index in [0.717, 1.165) is 0 Å². The number of sulfonamides is 1. The summed E-state index contributed by atoms with van der Waals surface area (Å²) in [6.45, 7) is 6.42. The number of hydrogen-bond donors (Lipinski definition) is 3. The second-order valence-electron chi connectivity index (χ2n) is 6.30. The first-order valence-corrected chi connectivity index (χ1v) is 9.84. The minimum Gasteiger partial charge on any atom is -0.452 e. The van der Waals surface area contributed by atoms with E-state index < -0.39 is 34.5 Å². The van der Waals surface area contributed by atoms with E-state index in [0.29, 0.717) is 12.2 Å². The summed E-state index contributed by atoms with van der Waals surface area (Å²) >= 11 is 0. The van der Waals surface area contributed by atoms with E-state index in [1.54, 1.807) is 0 Å². The first kappa shape index (κ1) is 22.6. The lowest BCUT2D eigenvalue weighted by atomic mass is 10.2. The van der Waals surface area contributed by atoms with Crippen molar-refractivity contribution in [3.05, 3.63) is 24.3 Å². The van der Waals surface area contributed by atoms with Gasteiger partial charge < -0.3 is 15.4 Å². The van der Waals surface area contributed by atoms with E-state index in [2.05, 4.69) is 15.4 Å². The molecule has 0 radical (unpaired) electrons. The zero-order valence-electron chi connectivity index (χ0n) is 15.7. The third kappa shape index (κ3) is 8.18. The highest BCUT2D eigenvalue weighted by molar-refractivity contribution is 7.89. The minimum absolute atomic E-state index is 0.0767. The number of anilines is 1. The summed E-state index contributed by atoms with van der Waals surface area (Å²) in [5.41, 5.74) is 0.446. The van der Waals surface area contributed by atoms with Crippen LogP contribution in [0.5, 0.6) is 0 Å². The molecule has 0 aliphatic rings. The van der Waals surface area contributed by atoms with E-state index in [1.807, 2.05) is 13.8 Å². The maximum absolute atomic E-state index is 12.2. The van der Waals surface area contributed by atoms with Crippen LogP contribution >= 0.6 is 0 Å². The summed E-state index contributed by atoms with van der Waals surface area (Å²) in [6.07, 6.45) is -1.03. The molecule has 0 saturated heterocycles. The number of carbonyl (C=O) groups excluding carboxylic acids is 3. The molecule has 1 atom stereocenters. The number of hydrogen-bond acceptors (Lipinski definition) is 6. The highest BCUT2D eigenvalue weighted by atomic mass is 32.2. The van der Waals surface area contributed by atoms with Crippen LogP contribution in [-0.4, -0.2) is 45.4 Å².